The number of esters is 1. The molecule has 0 aromatic heterocycles. The molecule has 5 nitrogen and oxygen atoms in total. The van der Waals surface area contributed by atoms with Crippen molar-refractivity contribution in [2.45, 2.75) is 19.1 Å². The van der Waals surface area contributed by atoms with Crippen molar-refractivity contribution in [3.05, 3.63) is 12.7 Å². The average molecular weight is 192 g/mol. The summed E-state index contributed by atoms with van der Waals surface area (Å²) in [4.78, 5) is 36.9. The molecule has 1 atom stereocenters. The molecule has 0 aromatic carbocycles. The van der Waals surface area contributed by atoms with Gasteiger partial charge in [0.1, 0.15) is 0 Å². The summed E-state index contributed by atoms with van der Waals surface area (Å²) >= 11 is 0. The highest BCUT2D eigenvalue weighted by molar-refractivity contribution is 6.57. The molecule has 70 valence electrons. The zero-order valence-corrected chi connectivity index (χ0v) is 7.73. The van der Waals surface area contributed by atoms with Crippen LogP contribution in [-0.2, 0) is 9.53 Å². The molecule has 0 aromatic rings. The fraction of sp³-hybridized carbons (Fsp3) is 0.500. The number of hydrogen-bond donors (Lipinski definition) is 3. The van der Waals surface area contributed by atoms with Crippen molar-refractivity contribution in [3.63, 3.8) is 0 Å². The van der Waals surface area contributed by atoms with Gasteiger partial charge in [0.05, 0.1) is 0 Å². The van der Waals surface area contributed by atoms with Gasteiger partial charge in [-0.15, -0.1) is 0 Å². The number of carbonyl (C=O) groups is 1. The van der Waals surface area contributed by atoms with Crippen molar-refractivity contribution in [3.8, 4) is 0 Å². The van der Waals surface area contributed by atoms with E-state index in [1.807, 2.05) is 0 Å². The first-order valence-electron chi connectivity index (χ1n) is 3.42. The van der Waals surface area contributed by atoms with E-state index < -0.39 is 20.5 Å². The molecule has 0 bridgehead atoms. The van der Waals surface area contributed by atoms with Gasteiger partial charge in [0.15, 0.2) is 5.73 Å². The highest BCUT2D eigenvalue weighted by Crippen LogP contribution is 2.06. The van der Waals surface area contributed by atoms with Crippen molar-refractivity contribution >= 4 is 14.8 Å². The molecule has 1 unspecified atom stereocenters. The van der Waals surface area contributed by atoms with Gasteiger partial charge in [0.2, 0.25) is 0 Å². The fourth-order valence-corrected chi connectivity index (χ4v) is 1.45. The second-order valence-electron chi connectivity index (χ2n) is 2.23. The highest BCUT2D eigenvalue weighted by atomic mass is 28.4. The molecule has 0 aliphatic rings. The largest absolute Gasteiger partial charge is 0.535 e. The van der Waals surface area contributed by atoms with Crippen LogP contribution in [0.2, 0.25) is 0 Å². The van der Waals surface area contributed by atoms with Crippen LogP contribution in [0.4, 0.5) is 0 Å². The Bertz CT molecular complexity index is 173. The van der Waals surface area contributed by atoms with Crippen LogP contribution in [0.15, 0.2) is 12.7 Å². The van der Waals surface area contributed by atoms with E-state index in [2.05, 4.69) is 11.3 Å². The molecule has 0 spiro atoms. The van der Waals surface area contributed by atoms with Crippen LogP contribution < -0.4 is 0 Å². The lowest BCUT2D eigenvalue weighted by Crippen LogP contribution is -2.50. The molecule has 12 heavy (non-hydrogen) atoms. The molecule has 0 saturated heterocycles. The maximum atomic E-state index is 10.6. The molecule has 0 heterocycles. The van der Waals surface area contributed by atoms with Gasteiger partial charge in [-0.3, -0.25) is 0 Å². The van der Waals surface area contributed by atoms with Crippen LogP contribution >= 0.6 is 0 Å². The van der Waals surface area contributed by atoms with Gasteiger partial charge < -0.3 is 19.1 Å². The van der Waals surface area contributed by atoms with Crippen LogP contribution in [0.5, 0.6) is 0 Å². The lowest BCUT2D eigenvalue weighted by molar-refractivity contribution is -0.142. The molecule has 0 fully saturated rings. The van der Waals surface area contributed by atoms with E-state index >= 15 is 0 Å². The third-order valence-corrected chi connectivity index (χ3v) is 2.62. The van der Waals surface area contributed by atoms with Crippen LogP contribution in [0, 0.1) is 0 Å². The van der Waals surface area contributed by atoms with Crippen LogP contribution in [0.25, 0.3) is 0 Å². The zero-order valence-electron chi connectivity index (χ0n) is 6.73. The third kappa shape index (κ3) is 3.63. The Morgan fingerprint density at radius 2 is 2.17 bits per heavy atom. The summed E-state index contributed by atoms with van der Waals surface area (Å²) in [5.74, 6) is -0.782. The van der Waals surface area contributed by atoms with E-state index in [0.29, 0.717) is 0 Å². The molecule has 0 aliphatic carbocycles. The standard InChI is InChI=1S/C6H12O5Si/c1-3-5(7)11-6(4-2)12(8,9)10/h3,6,8-10H,1,4H2,2H3. The Morgan fingerprint density at radius 1 is 1.67 bits per heavy atom. The van der Waals surface area contributed by atoms with E-state index in [1.54, 1.807) is 6.92 Å². The van der Waals surface area contributed by atoms with Crippen molar-refractivity contribution in [2.24, 2.45) is 0 Å². The Morgan fingerprint density at radius 3 is 2.42 bits per heavy atom. The van der Waals surface area contributed by atoms with Gasteiger partial charge in [0.25, 0.3) is 0 Å². The van der Waals surface area contributed by atoms with Gasteiger partial charge >= 0.3 is 14.8 Å². The lowest BCUT2D eigenvalue weighted by Gasteiger charge is -2.19. The van der Waals surface area contributed by atoms with Crippen molar-refractivity contribution in [1.29, 1.82) is 0 Å². The Balaban J connectivity index is 4.18. The number of carbonyl (C=O) groups excluding carboxylic acids is 1. The van der Waals surface area contributed by atoms with Crippen molar-refractivity contribution < 1.29 is 23.9 Å². The predicted octanol–water partition coefficient (Wildman–Crippen LogP) is -1.05. The van der Waals surface area contributed by atoms with Gasteiger partial charge in [-0.2, -0.15) is 0 Å². The summed E-state index contributed by atoms with van der Waals surface area (Å²) in [5, 5.41) is 0. The molecule has 0 rings (SSSR count). The van der Waals surface area contributed by atoms with E-state index in [0.717, 1.165) is 6.08 Å². The number of ether oxygens (including phenoxy) is 1. The summed E-state index contributed by atoms with van der Waals surface area (Å²) in [5.41, 5.74) is -1.22. The lowest BCUT2D eigenvalue weighted by atomic mass is 10.5. The van der Waals surface area contributed by atoms with Crippen molar-refractivity contribution in [2.75, 3.05) is 0 Å². The third-order valence-electron chi connectivity index (χ3n) is 1.23. The zero-order chi connectivity index (χ0) is 9.78. The molecular formula is C6H12O5Si. The normalized spacial score (nSPS) is 13.7. The minimum absolute atomic E-state index is 0.148. The summed E-state index contributed by atoms with van der Waals surface area (Å²) in [6.45, 7) is 4.69. The summed E-state index contributed by atoms with van der Waals surface area (Å²) in [6.07, 6.45) is 1.04. The molecule has 3 N–H and O–H groups in total. The molecule has 0 amide bonds. The smallest absolute Gasteiger partial charge is 0.455 e. The van der Waals surface area contributed by atoms with Gasteiger partial charge in [-0.05, 0) is 6.42 Å². The summed E-state index contributed by atoms with van der Waals surface area (Å²) < 4.78 is 4.47. The Kier molecular flexibility index (Phi) is 4.11. The predicted molar refractivity (Wildman–Crippen MR) is 42.8 cm³/mol. The van der Waals surface area contributed by atoms with E-state index in [4.69, 9.17) is 14.4 Å². The quantitative estimate of drug-likeness (QED) is 0.300. The minimum Gasteiger partial charge on any atom is -0.455 e. The first-order valence-corrected chi connectivity index (χ1v) is 5.33. The minimum atomic E-state index is -4.36. The van der Waals surface area contributed by atoms with E-state index in [-0.39, 0.29) is 6.42 Å². The second-order valence-corrected chi connectivity index (χ2v) is 4.24. The molecule has 0 saturated carbocycles. The number of rotatable bonds is 4. The van der Waals surface area contributed by atoms with Gasteiger partial charge in [-0.25, -0.2) is 4.79 Å². The van der Waals surface area contributed by atoms with Crippen molar-refractivity contribution in [1.82, 2.24) is 0 Å². The maximum absolute atomic E-state index is 10.6. The SMILES string of the molecule is C=CC(=O)OC(CC)[Si](O)(O)O. The van der Waals surface area contributed by atoms with Gasteiger partial charge in [-0.1, -0.05) is 13.5 Å². The fourth-order valence-electron chi connectivity index (χ4n) is 0.625. The highest BCUT2D eigenvalue weighted by Gasteiger charge is 2.40. The topological polar surface area (TPSA) is 87.0 Å². The number of hydrogen-bond acceptors (Lipinski definition) is 5. The first-order chi connectivity index (χ1) is 5.41. The summed E-state index contributed by atoms with van der Waals surface area (Å²) in [6, 6.07) is 0. The molecule has 0 aliphatic heterocycles. The average Bonchev–Trinajstić information content (AvgIpc) is 1.97. The van der Waals surface area contributed by atoms with Crippen LogP contribution in [0.1, 0.15) is 13.3 Å². The Labute approximate surface area is 71.3 Å². The Hall–Kier alpha value is -0.693. The van der Waals surface area contributed by atoms with Gasteiger partial charge in [0, 0.05) is 6.08 Å². The first kappa shape index (κ1) is 11.3. The maximum Gasteiger partial charge on any atom is 0.535 e. The monoisotopic (exact) mass is 192 g/mol. The van der Waals surface area contributed by atoms with Crippen LogP contribution in [-0.4, -0.2) is 34.9 Å². The molecule has 0 radical (unpaired) electrons. The van der Waals surface area contributed by atoms with E-state index in [1.165, 1.54) is 0 Å². The van der Waals surface area contributed by atoms with Crippen LogP contribution in [0.3, 0.4) is 0 Å². The molecular weight excluding hydrogens is 180 g/mol. The van der Waals surface area contributed by atoms with E-state index in [9.17, 15) is 4.79 Å². The summed E-state index contributed by atoms with van der Waals surface area (Å²) in [7, 11) is -4.36. The molecule has 6 heteroatoms. The second kappa shape index (κ2) is 4.36.